The average Bonchev–Trinajstić information content (AvgIpc) is 3.38. The van der Waals surface area contributed by atoms with Crippen LogP contribution in [0.15, 0.2) is 36.4 Å². The first-order valence-electron chi connectivity index (χ1n) is 11.4. The van der Waals surface area contributed by atoms with E-state index in [9.17, 15) is 18.0 Å². The molecule has 33 heavy (non-hydrogen) atoms. The maximum absolute atomic E-state index is 13.7. The van der Waals surface area contributed by atoms with Gasteiger partial charge in [-0.3, -0.25) is 9.63 Å². The molecule has 0 N–H and O–H groups in total. The summed E-state index contributed by atoms with van der Waals surface area (Å²) in [6.45, 7) is 3.05. The van der Waals surface area contributed by atoms with Gasteiger partial charge in [-0.15, -0.1) is 0 Å². The zero-order valence-electron chi connectivity index (χ0n) is 18.4. The number of nitrogens with zero attached hydrogens (tertiary/aromatic N) is 3. The van der Waals surface area contributed by atoms with Gasteiger partial charge in [0.2, 0.25) is 5.91 Å². The molecule has 1 saturated heterocycles. The number of benzene rings is 2. The molecule has 0 spiro atoms. The first kappa shape index (κ1) is 21.9. The van der Waals surface area contributed by atoms with E-state index in [0.717, 1.165) is 49.6 Å². The molecule has 3 aromatic rings. The van der Waals surface area contributed by atoms with Crippen LogP contribution in [0.25, 0.3) is 11.0 Å². The van der Waals surface area contributed by atoms with Crippen LogP contribution in [0.1, 0.15) is 49.5 Å². The van der Waals surface area contributed by atoms with Crippen LogP contribution in [0.3, 0.4) is 0 Å². The second-order valence-electron chi connectivity index (χ2n) is 9.12. The van der Waals surface area contributed by atoms with Gasteiger partial charge in [0.1, 0.15) is 23.3 Å². The molecule has 1 aliphatic heterocycles. The van der Waals surface area contributed by atoms with Crippen molar-refractivity contribution in [1.29, 1.82) is 0 Å². The molecule has 1 saturated carbocycles. The van der Waals surface area contributed by atoms with E-state index in [1.54, 1.807) is 6.07 Å². The molecule has 174 valence electrons. The van der Waals surface area contributed by atoms with Crippen LogP contribution in [-0.4, -0.2) is 27.1 Å². The predicted molar refractivity (Wildman–Crippen MR) is 116 cm³/mol. The minimum atomic E-state index is -0.658. The van der Waals surface area contributed by atoms with Crippen LogP contribution in [0.5, 0.6) is 0 Å². The van der Waals surface area contributed by atoms with Crippen molar-refractivity contribution in [1.82, 2.24) is 14.6 Å². The van der Waals surface area contributed by atoms with Gasteiger partial charge in [0, 0.05) is 31.0 Å². The number of hydrogen-bond donors (Lipinski definition) is 0. The van der Waals surface area contributed by atoms with Gasteiger partial charge in [-0.1, -0.05) is 0 Å². The van der Waals surface area contributed by atoms with E-state index >= 15 is 0 Å². The van der Waals surface area contributed by atoms with Crippen molar-refractivity contribution >= 4 is 16.9 Å². The highest BCUT2D eigenvalue weighted by molar-refractivity contribution is 5.78. The van der Waals surface area contributed by atoms with Gasteiger partial charge >= 0.3 is 0 Å². The van der Waals surface area contributed by atoms with Crippen LogP contribution in [0.2, 0.25) is 0 Å². The molecule has 8 heteroatoms. The largest absolute Gasteiger partial charge is 0.328 e. The molecule has 0 radical (unpaired) electrons. The van der Waals surface area contributed by atoms with Gasteiger partial charge in [-0.2, -0.15) is 0 Å². The van der Waals surface area contributed by atoms with Crippen molar-refractivity contribution in [3.05, 3.63) is 65.2 Å². The van der Waals surface area contributed by atoms with Crippen LogP contribution >= 0.6 is 0 Å². The number of rotatable bonds is 4. The van der Waals surface area contributed by atoms with E-state index in [4.69, 9.17) is 4.84 Å². The number of aryl methyl sites for hydroxylation is 1. The van der Waals surface area contributed by atoms with Gasteiger partial charge in [-0.25, -0.2) is 23.2 Å². The fraction of sp³-hybridized carbons (Fsp3) is 0.440. The lowest BCUT2D eigenvalue weighted by atomic mass is 9.81. The molecule has 5 rings (SSSR count). The Morgan fingerprint density at radius 3 is 2.45 bits per heavy atom. The fourth-order valence-corrected chi connectivity index (χ4v) is 5.24. The third-order valence-corrected chi connectivity index (χ3v) is 6.93. The molecule has 5 nitrogen and oxygen atoms in total. The highest BCUT2D eigenvalue weighted by atomic mass is 19.1. The van der Waals surface area contributed by atoms with Crippen LogP contribution < -0.4 is 0 Å². The summed E-state index contributed by atoms with van der Waals surface area (Å²) < 4.78 is 43.0. The van der Waals surface area contributed by atoms with Crippen molar-refractivity contribution in [2.75, 3.05) is 6.61 Å². The number of amides is 1. The average molecular weight is 457 g/mol. The third-order valence-electron chi connectivity index (χ3n) is 6.93. The Labute approximate surface area is 190 Å². The normalized spacial score (nSPS) is 23.4. The van der Waals surface area contributed by atoms with Crippen molar-refractivity contribution < 1.29 is 22.8 Å². The number of hydroxylamine groups is 2. The second-order valence-corrected chi connectivity index (χ2v) is 9.12. The van der Waals surface area contributed by atoms with Gasteiger partial charge in [0.25, 0.3) is 0 Å². The zero-order chi connectivity index (χ0) is 23.1. The first-order valence-corrected chi connectivity index (χ1v) is 11.4. The zero-order valence-corrected chi connectivity index (χ0v) is 18.4. The first-order chi connectivity index (χ1) is 15.9. The standard InChI is InChI=1S/C25H26F3N3O2/c1-15-29-22-13-19(26)6-7-24(22)30(15)14-16-2-4-17(5-3-16)25(32)31-23(8-9-33-31)18-10-20(27)12-21(28)11-18/h6-7,10-13,16-17,23H,2-5,8-9,14H2,1H3/t16?,17?,23-/m0/s1. The Balaban J connectivity index is 1.24. The minimum Gasteiger partial charge on any atom is -0.328 e. The lowest BCUT2D eigenvalue weighted by molar-refractivity contribution is -0.183. The quantitative estimate of drug-likeness (QED) is 0.522. The second kappa shape index (κ2) is 8.82. The van der Waals surface area contributed by atoms with E-state index in [2.05, 4.69) is 9.55 Å². The molecule has 2 heterocycles. The van der Waals surface area contributed by atoms with E-state index in [1.165, 1.54) is 29.3 Å². The van der Waals surface area contributed by atoms with E-state index in [-0.39, 0.29) is 17.6 Å². The van der Waals surface area contributed by atoms with Gasteiger partial charge in [0.05, 0.1) is 23.7 Å². The number of hydrogen-bond acceptors (Lipinski definition) is 3. The summed E-state index contributed by atoms with van der Waals surface area (Å²) in [5.41, 5.74) is 2.00. The summed E-state index contributed by atoms with van der Waals surface area (Å²) in [4.78, 5) is 23.3. The molecule has 1 aromatic heterocycles. The SMILES string of the molecule is Cc1nc2cc(F)ccc2n1CC1CCC(C(=O)N2OCC[C@H]2c2cc(F)cc(F)c2)CC1. The van der Waals surface area contributed by atoms with Gasteiger partial charge in [0.15, 0.2) is 0 Å². The smallest absolute Gasteiger partial charge is 0.249 e. The molecule has 1 amide bonds. The number of aromatic nitrogens is 2. The lowest BCUT2D eigenvalue weighted by Crippen LogP contribution is -2.37. The fourth-order valence-electron chi connectivity index (χ4n) is 5.24. The topological polar surface area (TPSA) is 47.4 Å². The van der Waals surface area contributed by atoms with Crippen LogP contribution in [0, 0.1) is 36.2 Å². The highest BCUT2D eigenvalue weighted by Gasteiger charge is 2.37. The molecular weight excluding hydrogens is 431 g/mol. The summed E-state index contributed by atoms with van der Waals surface area (Å²) in [5, 5.41) is 1.33. The molecule has 2 aliphatic rings. The monoisotopic (exact) mass is 457 g/mol. The number of fused-ring (bicyclic) bond motifs is 1. The maximum Gasteiger partial charge on any atom is 0.249 e. The van der Waals surface area contributed by atoms with Crippen molar-refractivity contribution in [3.63, 3.8) is 0 Å². The molecule has 0 bridgehead atoms. The number of imidazole rings is 1. The van der Waals surface area contributed by atoms with E-state index < -0.39 is 17.7 Å². The Kier molecular flexibility index (Phi) is 5.86. The summed E-state index contributed by atoms with van der Waals surface area (Å²) in [6.07, 6.45) is 3.73. The van der Waals surface area contributed by atoms with Gasteiger partial charge < -0.3 is 4.57 Å². The van der Waals surface area contributed by atoms with Crippen molar-refractivity contribution in [3.8, 4) is 0 Å². The van der Waals surface area contributed by atoms with Crippen molar-refractivity contribution in [2.45, 2.75) is 51.6 Å². The Morgan fingerprint density at radius 2 is 1.73 bits per heavy atom. The maximum atomic E-state index is 13.7. The molecule has 1 atom stereocenters. The molecular formula is C25H26F3N3O2. The Bertz CT molecular complexity index is 1170. The van der Waals surface area contributed by atoms with Crippen LogP contribution in [-0.2, 0) is 16.2 Å². The summed E-state index contributed by atoms with van der Waals surface area (Å²) in [5.74, 6) is -0.651. The Hall–Kier alpha value is -2.87. The molecule has 0 unspecified atom stereocenters. The number of carbonyl (C=O) groups is 1. The molecule has 2 aromatic carbocycles. The third kappa shape index (κ3) is 4.36. The number of halogens is 3. The highest BCUT2D eigenvalue weighted by Crippen LogP contribution is 2.37. The molecule has 1 aliphatic carbocycles. The number of carbonyl (C=O) groups excluding carboxylic acids is 1. The van der Waals surface area contributed by atoms with Gasteiger partial charge in [-0.05, 0) is 68.4 Å². The predicted octanol–water partition coefficient (Wildman–Crippen LogP) is 5.47. The van der Waals surface area contributed by atoms with E-state index in [0.29, 0.717) is 30.0 Å². The summed E-state index contributed by atoms with van der Waals surface area (Å²) in [7, 11) is 0. The van der Waals surface area contributed by atoms with Crippen LogP contribution in [0.4, 0.5) is 13.2 Å². The minimum absolute atomic E-state index is 0.111. The van der Waals surface area contributed by atoms with E-state index in [1.807, 2.05) is 6.92 Å². The summed E-state index contributed by atoms with van der Waals surface area (Å²) in [6, 6.07) is 7.55. The lowest BCUT2D eigenvalue weighted by Gasteiger charge is -2.32. The summed E-state index contributed by atoms with van der Waals surface area (Å²) >= 11 is 0. The van der Waals surface area contributed by atoms with Crippen molar-refractivity contribution in [2.24, 2.45) is 11.8 Å². The molecule has 2 fully saturated rings. The Morgan fingerprint density at radius 1 is 1.00 bits per heavy atom.